The number of rotatable bonds is 1. The molecule has 1 fully saturated rings. The molecule has 1 saturated carbocycles. The first-order valence-corrected chi connectivity index (χ1v) is 5.65. The van der Waals surface area contributed by atoms with Gasteiger partial charge in [0.05, 0.1) is 5.76 Å². The van der Waals surface area contributed by atoms with Crippen molar-refractivity contribution >= 4 is 22.6 Å². The summed E-state index contributed by atoms with van der Waals surface area (Å²) in [6.45, 7) is 4.20. The fraction of sp³-hybridized carbons (Fsp3) is 0.600. The average molecular weight is 276 g/mol. The van der Waals surface area contributed by atoms with E-state index in [9.17, 15) is 5.11 Å². The highest BCUT2D eigenvalue weighted by atomic mass is 127. The molecule has 0 aliphatic heterocycles. The van der Waals surface area contributed by atoms with Gasteiger partial charge in [0.1, 0.15) is 0 Å². The summed E-state index contributed by atoms with van der Waals surface area (Å²) in [5.41, 5.74) is 2.60. The highest BCUT2D eigenvalue weighted by Gasteiger charge is 2.54. The minimum absolute atomic E-state index is 0.450. The second kappa shape index (κ2) is 2.76. The molecule has 1 N–H and O–H groups in total. The highest BCUT2D eigenvalue weighted by Crippen LogP contribution is 2.57. The summed E-state index contributed by atoms with van der Waals surface area (Å²) in [4.78, 5) is 0. The molecule has 0 aromatic rings. The van der Waals surface area contributed by atoms with E-state index < -0.39 is 0 Å². The number of fused-ring (bicyclic) bond motifs is 1. The molecule has 2 heteroatoms. The largest absolute Gasteiger partial charge is 0.512 e. The first-order valence-electron chi connectivity index (χ1n) is 4.41. The van der Waals surface area contributed by atoms with Gasteiger partial charge in [0.2, 0.25) is 0 Å². The molecular formula is C10H13IO. The Balaban J connectivity index is 2.35. The Bertz CT molecular complexity index is 278. The first kappa shape index (κ1) is 8.60. The maximum Gasteiger partial charge on any atom is 0.0999 e. The quantitative estimate of drug-likeness (QED) is 0.576. The number of allylic oxidation sites excluding steroid dienone is 4. The number of alkyl halides is 1. The predicted octanol–water partition coefficient (Wildman–Crippen LogP) is 3.22. The van der Waals surface area contributed by atoms with Crippen LogP contribution in [0.5, 0.6) is 0 Å². The maximum atomic E-state index is 9.70. The van der Waals surface area contributed by atoms with E-state index in [1.807, 2.05) is 6.92 Å². The van der Waals surface area contributed by atoms with Gasteiger partial charge in [-0.05, 0) is 18.9 Å². The smallest absolute Gasteiger partial charge is 0.0999 e. The molecule has 3 atom stereocenters. The molecule has 0 radical (unpaired) electrons. The zero-order valence-electron chi connectivity index (χ0n) is 7.34. The zero-order chi connectivity index (χ0) is 8.88. The monoisotopic (exact) mass is 276 g/mol. The first-order chi connectivity index (χ1) is 5.66. The van der Waals surface area contributed by atoms with Crippen molar-refractivity contribution in [3.05, 3.63) is 23.0 Å². The normalized spacial score (nSPS) is 39.2. The van der Waals surface area contributed by atoms with Crippen LogP contribution in [-0.2, 0) is 0 Å². The number of halogens is 1. The maximum absolute atomic E-state index is 9.70. The van der Waals surface area contributed by atoms with E-state index >= 15 is 0 Å². The van der Waals surface area contributed by atoms with Crippen LogP contribution in [0.4, 0.5) is 0 Å². The molecule has 2 aliphatic rings. The summed E-state index contributed by atoms with van der Waals surface area (Å²) in [7, 11) is 0. The summed E-state index contributed by atoms with van der Waals surface area (Å²) in [6.07, 6.45) is 3.29. The van der Waals surface area contributed by atoms with E-state index in [0.29, 0.717) is 21.5 Å². The number of aliphatic hydroxyl groups excluding tert-OH is 1. The number of hydrogen-bond acceptors (Lipinski definition) is 1. The lowest BCUT2D eigenvalue weighted by Crippen LogP contribution is -2.00. The van der Waals surface area contributed by atoms with Crippen LogP contribution < -0.4 is 0 Å². The molecule has 0 amide bonds. The molecule has 0 bridgehead atoms. The van der Waals surface area contributed by atoms with Crippen molar-refractivity contribution in [1.82, 2.24) is 0 Å². The van der Waals surface area contributed by atoms with Gasteiger partial charge in [0.15, 0.2) is 0 Å². The van der Waals surface area contributed by atoms with Crippen LogP contribution in [0.25, 0.3) is 0 Å². The Hall–Kier alpha value is 0.0100. The van der Waals surface area contributed by atoms with E-state index in [0.717, 1.165) is 12.0 Å². The third-order valence-corrected chi connectivity index (χ3v) is 4.44. The van der Waals surface area contributed by atoms with E-state index in [4.69, 9.17) is 0 Å². The van der Waals surface area contributed by atoms with Gasteiger partial charge < -0.3 is 5.11 Å². The fourth-order valence-corrected chi connectivity index (χ4v) is 3.54. The molecular weight excluding hydrogens is 263 g/mol. The molecule has 2 rings (SSSR count). The lowest BCUT2D eigenvalue weighted by molar-refractivity contribution is 0.366. The minimum Gasteiger partial charge on any atom is -0.512 e. The Morgan fingerprint density at radius 3 is 2.75 bits per heavy atom. The Labute approximate surface area is 86.7 Å². The predicted molar refractivity (Wildman–Crippen MR) is 58.5 cm³/mol. The van der Waals surface area contributed by atoms with E-state index in [2.05, 4.69) is 35.6 Å². The van der Waals surface area contributed by atoms with Crippen LogP contribution in [0.1, 0.15) is 20.3 Å². The Kier molecular flexibility index (Phi) is 1.97. The van der Waals surface area contributed by atoms with Gasteiger partial charge in [-0.3, -0.25) is 0 Å². The second-order valence-electron chi connectivity index (χ2n) is 3.64. The summed E-state index contributed by atoms with van der Waals surface area (Å²) in [6, 6.07) is 0. The zero-order valence-corrected chi connectivity index (χ0v) is 9.50. The van der Waals surface area contributed by atoms with Crippen molar-refractivity contribution in [2.75, 3.05) is 0 Å². The van der Waals surface area contributed by atoms with Crippen LogP contribution in [0.2, 0.25) is 0 Å². The van der Waals surface area contributed by atoms with Crippen LogP contribution in [0.15, 0.2) is 23.0 Å². The van der Waals surface area contributed by atoms with Crippen LogP contribution in [0.3, 0.4) is 0 Å². The van der Waals surface area contributed by atoms with Crippen LogP contribution in [0, 0.1) is 11.8 Å². The van der Waals surface area contributed by atoms with Gasteiger partial charge in [-0.1, -0.05) is 41.2 Å². The molecule has 0 aromatic carbocycles. The number of aliphatic hydroxyl groups is 1. The number of hydrogen-bond donors (Lipinski definition) is 1. The third kappa shape index (κ3) is 1.04. The summed E-state index contributed by atoms with van der Waals surface area (Å²) in [5, 5.41) is 9.70. The van der Waals surface area contributed by atoms with Gasteiger partial charge in [-0.2, -0.15) is 0 Å². The fourth-order valence-electron chi connectivity index (χ4n) is 2.08. The topological polar surface area (TPSA) is 20.2 Å². The Morgan fingerprint density at radius 2 is 2.17 bits per heavy atom. The van der Waals surface area contributed by atoms with Gasteiger partial charge in [-0.25, -0.2) is 0 Å². The van der Waals surface area contributed by atoms with Crippen molar-refractivity contribution in [1.29, 1.82) is 0 Å². The molecule has 3 unspecified atom stereocenters. The van der Waals surface area contributed by atoms with Crippen LogP contribution >= 0.6 is 22.6 Å². The molecule has 0 spiro atoms. The Morgan fingerprint density at radius 1 is 1.50 bits per heavy atom. The van der Waals surface area contributed by atoms with E-state index in [1.54, 1.807) is 0 Å². The van der Waals surface area contributed by atoms with E-state index in [1.165, 1.54) is 5.57 Å². The summed E-state index contributed by atoms with van der Waals surface area (Å²) in [5.74, 6) is 1.74. The van der Waals surface area contributed by atoms with Gasteiger partial charge >= 0.3 is 0 Å². The van der Waals surface area contributed by atoms with Gasteiger partial charge in [0, 0.05) is 15.8 Å². The molecule has 0 aromatic heterocycles. The van der Waals surface area contributed by atoms with E-state index in [-0.39, 0.29) is 0 Å². The van der Waals surface area contributed by atoms with Crippen LogP contribution in [-0.4, -0.2) is 9.03 Å². The average Bonchev–Trinajstić information content (AvgIpc) is 2.71. The minimum atomic E-state index is 0.450. The van der Waals surface area contributed by atoms with Gasteiger partial charge in [0.25, 0.3) is 0 Å². The lowest BCUT2D eigenvalue weighted by atomic mass is 9.97. The summed E-state index contributed by atoms with van der Waals surface area (Å²) >= 11 is 2.45. The summed E-state index contributed by atoms with van der Waals surface area (Å²) < 4.78 is 0.645. The van der Waals surface area contributed by atoms with Crippen molar-refractivity contribution in [2.24, 2.45) is 11.8 Å². The van der Waals surface area contributed by atoms with Gasteiger partial charge in [-0.15, -0.1) is 0 Å². The molecule has 0 heterocycles. The second-order valence-corrected chi connectivity index (χ2v) is 5.08. The molecule has 66 valence electrons. The standard InChI is InChI=1S/C10H13IO/c1-3-6-4-5(2)10(12)8-7(6)9(8)11/h4,7-9,12H,3H2,1-2H3. The van der Waals surface area contributed by atoms with Crippen molar-refractivity contribution in [3.8, 4) is 0 Å². The molecule has 1 nitrogen and oxygen atoms in total. The molecule has 0 saturated heterocycles. The molecule has 12 heavy (non-hydrogen) atoms. The molecule has 2 aliphatic carbocycles. The van der Waals surface area contributed by atoms with Crippen molar-refractivity contribution < 1.29 is 5.11 Å². The lowest BCUT2D eigenvalue weighted by Gasteiger charge is -2.11. The third-order valence-electron chi connectivity index (χ3n) is 2.89. The SMILES string of the molecule is CCC1=CC(C)=C(O)C2C(I)C12. The van der Waals surface area contributed by atoms with Crippen molar-refractivity contribution in [3.63, 3.8) is 0 Å². The van der Waals surface area contributed by atoms with Crippen molar-refractivity contribution in [2.45, 2.75) is 24.2 Å². The highest BCUT2D eigenvalue weighted by molar-refractivity contribution is 14.1.